The molecule has 4 nitrogen and oxygen atoms in total. The topological polar surface area (TPSA) is 32.3 Å². The van der Waals surface area contributed by atoms with Crippen molar-refractivity contribution in [3.05, 3.63) is 53.4 Å². The van der Waals surface area contributed by atoms with Gasteiger partial charge in [-0.25, -0.2) is 9.97 Å². The molecule has 3 rings (SSSR count). The smallest absolute Gasteiger partial charge is 0.150 e. The van der Waals surface area contributed by atoms with E-state index < -0.39 is 0 Å². The van der Waals surface area contributed by atoms with E-state index >= 15 is 0 Å². The lowest BCUT2D eigenvalue weighted by Gasteiger charge is -2.47. The van der Waals surface area contributed by atoms with Crippen LogP contribution in [0.2, 0.25) is 5.02 Å². The molecular weight excluding hydrogens is 296 g/mol. The number of halogens is 1. The first-order valence-corrected chi connectivity index (χ1v) is 7.93. The molecule has 1 aromatic carbocycles. The number of rotatable bonds is 3. The summed E-state index contributed by atoms with van der Waals surface area (Å²) in [6, 6.07) is 10.6. The van der Waals surface area contributed by atoms with E-state index in [1.54, 1.807) is 12.5 Å². The molecule has 5 heteroatoms. The van der Waals surface area contributed by atoms with Gasteiger partial charge in [0.1, 0.15) is 11.3 Å². The predicted molar refractivity (Wildman–Crippen MR) is 90.2 cm³/mol. The molecular formula is C17H21ClN4. The molecule has 0 atom stereocenters. The summed E-state index contributed by atoms with van der Waals surface area (Å²) >= 11 is 6.24. The summed E-state index contributed by atoms with van der Waals surface area (Å²) in [5.74, 6) is 0.837. The molecule has 0 spiro atoms. The minimum atomic E-state index is 0.0579. The molecule has 22 heavy (non-hydrogen) atoms. The zero-order valence-electron chi connectivity index (χ0n) is 13.0. The first kappa shape index (κ1) is 15.3. The predicted octanol–water partition coefficient (Wildman–Crippen LogP) is 3.23. The SMILES string of the molecule is CC1(C)CN(c2ncncc2Cl)CCN1Cc1ccccc1. The van der Waals surface area contributed by atoms with Gasteiger partial charge >= 0.3 is 0 Å². The molecule has 0 aliphatic carbocycles. The molecule has 1 fully saturated rings. The molecule has 0 unspecified atom stereocenters. The number of nitrogens with zero attached hydrogens (tertiary/aromatic N) is 4. The van der Waals surface area contributed by atoms with Gasteiger partial charge in [-0.05, 0) is 19.4 Å². The third-order valence-electron chi connectivity index (χ3n) is 4.24. The van der Waals surface area contributed by atoms with Crippen molar-refractivity contribution in [1.82, 2.24) is 14.9 Å². The van der Waals surface area contributed by atoms with Crippen LogP contribution < -0.4 is 4.90 Å². The van der Waals surface area contributed by atoms with Crippen LogP contribution in [0, 0.1) is 0 Å². The molecule has 0 saturated carbocycles. The highest BCUT2D eigenvalue weighted by Gasteiger charge is 2.34. The third-order valence-corrected chi connectivity index (χ3v) is 4.50. The summed E-state index contributed by atoms with van der Waals surface area (Å²) < 4.78 is 0. The standard InChI is InChI=1S/C17H21ClN4/c1-17(2)12-21(16-15(18)10-19-13-20-16)8-9-22(17)11-14-6-4-3-5-7-14/h3-7,10,13H,8-9,11-12H2,1-2H3. The van der Waals surface area contributed by atoms with Crippen molar-refractivity contribution in [3.8, 4) is 0 Å². The molecule has 116 valence electrons. The van der Waals surface area contributed by atoms with E-state index in [1.807, 2.05) is 0 Å². The molecule has 1 aromatic heterocycles. The molecule has 2 heterocycles. The van der Waals surface area contributed by atoms with Gasteiger partial charge in [-0.15, -0.1) is 0 Å². The Morgan fingerprint density at radius 1 is 1.18 bits per heavy atom. The number of aromatic nitrogens is 2. The highest BCUT2D eigenvalue weighted by atomic mass is 35.5. The molecule has 0 bridgehead atoms. The molecule has 0 N–H and O–H groups in total. The quantitative estimate of drug-likeness (QED) is 0.870. The van der Waals surface area contributed by atoms with Gasteiger partial charge in [0, 0.05) is 31.7 Å². The van der Waals surface area contributed by atoms with Gasteiger partial charge in [-0.2, -0.15) is 0 Å². The lowest BCUT2D eigenvalue weighted by Crippen LogP contribution is -2.59. The van der Waals surface area contributed by atoms with Crippen LogP contribution >= 0.6 is 11.6 Å². The molecule has 1 saturated heterocycles. The van der Waals surface area contributed by atoms with Crippen LogP contribution in [0.5, 0.6) is 0 Å². The fourth-order valence-electron chi connectivity index (χ4n) is 3.01. The molecule has 2 aromatic rings. The first-order chi connectivity index (χ1) is 10.6. The van der Waals surface area contributed by atoms with Gasteiger partial charge in [-0.3, -0.25) is 4.90 Å². The second-order valence-corrected chi connectivity index (χ2v) is 6.74. The Morgan fingerprint density at radius 3 is 2.64 bits per heavy atom. The van der Waals surface area contributed by atoms with Gasteiger partial charge in [0.25, 0.3) is 0 Å². The number of benzene rings is 1. The summed E-state index contributed by atoms with van der Waals surface area (Å²) in [7, 11) is 0. The fourth-order valence-corrected chi connectivity index (χ4v) is 3.23. The van der Waals surface area contributed by atoms with Crippen LogP contribution in [0.15, 0.2) is 42.9 Å². The van der Waals surface area contributed by atoms with Gasteiger partial charge in [-0.1, -0.05) is 41.9 Å². The number of anilines is 1. The van der Waals surface area contributed by atoms with Gasteiger partial charge in [0.05, 0.1) is 6.20 Å². The highest BCUT2D eigenvalue weighted by Crippen LogP contribution is 2.29. The first-order valence-electron chi connectivity index (χ1n) is 7.56. The van der Waals surface area contributed by atoms with Crippen molar-refractivity contribution >= 4 is 17.4 Å². The Hall–Kier alpha value is -1.65. The van der Waals surface area contributed by atoms with Gasteiger partial charge in [0.2, 0.25) is 0 Å². The van der Waals surface area contributed by atoms with E-state index in [0.717, 1.165) is 32.0 Å². The Bertz CT molecular complexity index is 630. The maximum atomic E-state index is 6.24. The van der Waals surface area contributed by atoms with Crippen molar-refractivity contribution < 1.29 is 0 Å². The second kappa shape index (κ2) is 6.23. The van der Waals surface area contributed by atoms with Crippen LogP contribution in [0.1, 0.15) is 19.4 Å². The molecule has 0 amide bonds. The van der Waals surface area contributed by atoms with Crippen molar-refractivity contribution in [2.45, 2.75) is 25.9 Å². The molecule has 0 radical (unpaired) electrons. The van der Waals surface area contributed by atoms with Gasteiger partial charge in [0.15, 0.2) is 5.82 Å². The minimum absolute atomic E-state index is 0.0579. The summed E-state index contributed by atoms with van der Waals surface area (Å²) in [4.78, 5) is 13.1. The van der Waals surface area contributed by atoms with Crippen LogP contribution in [-0.4, -0.2) is 40.0 Å². The van der Waals surface area contributed by atoms with Crippen molar-refractivity contribution in [1.29, 1.82) is 0 Å². The van der Waals surface area contributed by atoms with E-state index in [9.17, 15) is 0 Å². The van der Waals surface area contributed by atoms with E-state index in [4.69, 9.17) is 11.6 Å². The van der Waals surface area contributed by atoms with Crippen LogP contribution in [-0.2, 0) is 6.54 Å². The lowest BCUT2D eigenvalue weighted by molar-refractivity contribution is 0.0959. The van der Waals surface area contributed by atoms with E-state index in [0.29, 0.717) is 5.02 Å². The van der Waals surface area contributed by atoms with Crippen molar-refractivity contribution in [2.24, 2.45) is 0 Å². The highest BCUT2D eigenvalue weighted by molar-refractivity contribution is 6.32. The Labute approximate surface area is 136 Å². The average molecular weight is 317 g/mol. The van der Waals surface area contributed by atoms with Crippen LogP contribution in [0.25, 0.3) is 0 Å². The fraction of sp³-hybridized carbons (Fsp3) is 0.412. The third kappa shape index (κ3) is 3.23. The Kier molecular flexibility index (Phi) is 4.32. The number of piperazine rings is 1. The van der Waals surface area contributed by atoms with E-state index in [1.165, 1.54) is 5.56 Å². The maximum absolute atomic E-state index is 6.24. The van der Waals surface area contributed by atoms with Gasteiger partial charge < -0.3 is 4.90 Å². The normalized spacial score (nSPS) is 18.4. The second-order valence-electron chi connectivity index (χ2n) is 6.34. The molecule has 1 aliphatic rings. The monoisotopic (exact) mass is 316 g/mol. The summed E-state index contributed by atoms with van der Waals surface area (Å²) in [5.41, 5.74) is 1.41. The van der Waals surface area contributed by atoms with Crippen molar-refractivity contribution in [3.63, 3.8) is 0 Å². The Balaban J connectivity index is 1.73. The minimum Gasteiger partial charge on any atom is -0.352 e. The van der Waals surface area contributed by atoms with Crippen molar-refractivity contribution in [2.75, 3.05) is 24.5 Å². The zero-order valence-corrected chi connectivity index (χ0v) is 13.8. The molecule has 1 aliphatic heterocycles. The number of hydrogen-bond acceptors (Lipinski definition) is 4. The zero-order chi connectivity index (χ0) is 15.6. The van der Waals surface area contributed by atoms with Crippen LogP contribution in [0.4, 0.5) is 5.82 Å². The lowest BCUT2D eigenvalue weighted by atomic mass is 9.97. The van der Waals surface area contributed by atoms with Crippen LogP contribution in [0.3, 0.4) is 0 Å². The summed E-state index contributed by atoms with van der Waals surface area (Å²) in [6.45, 7) is 8.33. The average Bonchev–Trinajstić information content (AvgIpc) is 2.51. The van der Waals surface area contributed by atoms with E-state index in [2.05, 4.69) is 63.9 Å². The van der Waals surface area contributed by atoms with E-state index in [-0.39, 0.29) is 5.54 Å². The summed E-state index contributed by atoms with van der Waals surface area (Å²) in [5, 5.41) is 0.620. The largest absolute Gasteiger partial charge is 0.352 e. The maximum Gasteiger partial charge on any atom is 0.150 e. The number of hydrogen-bond donors (Lipinski definition) is 0. The summed E-state index contributed by atoms with van der Waals surface area (Å²) in [6.07, 6.45) is 3.22. The Morgan fingerprint density at radius 2 is 1.95 bits per heavy atom.